The van der Waals surface area contributed by atoms with E-state index < -0.39 is 0 Å². The molecule has 0 radical (unpaired) electrons. The van der Waals surface area contributed by atoms with Crippen molar-refractivity contribution in [2.75, 3.05) is 37.8 Å². The van der Waals surface area contributed by atoms with Gasteiger partial charge in [0.2, 0.25) is 0 Å². The number of rotatable bonds is 7. The van der Waals surface area contributed by atoms with Crippen LogP contribution in [0.2, 0.25) is 5.02 Å². The first-order valence-corrected chi connectivity index (χ1v) is 12.2. The maximum absolute atomic E-state index is 11.9. The first-order chi connectivity index (χ1) is 17.8. The van der Waals surface area contributed by atoms with E-state index in [2.05, 4.69) is 14.9 Å². The molecule has 0 saturated carbocycles. The molecule has 2 aromatic carbocycles. The van der Waals surface area contributed by atoms with Crippen molar-refractivity contribution < 1.29 is 9.66 Å². The van der Waals surface area contributed by atoms with Gasteiger partial charge in [0, 0.05) is 42.3 Å². The molecule has 1 atom stereocenters. The first-order valence-electron chi connectivity index (χ1n) is 11.8. The van der Waals surface area contributed by atoms with E-state index in [4.69, 9.17) is 27.1 Å². The fourth-order valence-corrected chi connectivity index (χ4v) is 4.71. The highest BCUT2D eigenvalue weighted by molar-refractivity contribution is 6.32. The number of nitrogens with zero attached hydrogens (tertiary/aromatic N) is 6. The lowest BCUT2D eigenvalue weighted by molar-refractivity contribution is -0.384. The Labute approximate surface area is 218 Å². The van der Waals surface area contributed by atoms with Crippen molar-refractivity contribution in [3.63, 3.8) is 0 Å². The molecule has 1 unspecified atom stereocenters. The van der Waals surface area contributed by atoms with Gasteiger partial charge in [-0.15, -0.1) is 0 Å². The molecule has 1 saturated heterocycles. The van der Waals surface area contributed by atoms with E-state index in [9.17, 15) is 10.1 Å². The summed E-state index contributed by atoms with van der Waals surface area (Å²) >= 11 is 6.49. The molecular weight excluding hydrogens is 494 g/mol. The molecule has 1 aliphatic rings. The molecule has 3 heterocycles. The number of pyridine rings is 1. The molecule has 1 aliphatic heterocycles. The summed E-state index contributed by atoms with van der Waals surface area (Å²) in [5.41, 5.74) is 8.74. The number of nitro groups is 1. The van der Waals surface area contributed by atoms with Gasteiger partial charge in [0.25, 0.3) is 5.69 Å². The lowest BCUT2D eigenvalue weighted by Crippen LogP contribution is -2.31. The number of hydrogen-bond donors (Lipinski definition) is 1. The molecule has 2 N–H and O–H groups in total. The van der Waals surface area contributed by atoms with E-state index in [0.29, 0.717) is 51.3 Å². The number of ether oxygens (including phenoxy) is 1. The summed E-state index contributed by atoms with van der Waals surface area (Å²) in [5, 5.41) is 12.7. The fourth-order valence-electron chi connectivity index (χ4n) is 4.48. The van der Waals surface area contributed by atoms with Crippen LogP contribution in [0.25, 0.3) is 22.3 Å². The maximum Gasteiger partial charge on any atom is 0.293 e. The van der Waals surface area contributed by atoms with Crippen LogP contribution in [0.3, 0.4) is 0 Å². The molecule has 0 amide bonds. The van der Waals surface area contributed by atoms with Gasteiger partial charge >= 0.3 is 0 Å². The summed E-state index contributed by atoms with van der Waals surface area (Å²) in [7, 11) is 4.03. The number of nitro benzene ring substituents is 1. The lowest BCUT2D eigenvalue weighted by Gasteiger charge is -2.22. The van der Waals surface area contributed by atoms with Crippen molar-refractivity contribution in [3.05, 3.63) is 75.6 Å². The Kier molecular flexibility index (Phi) is 6.77. The lowest BCUT2D eigenvalue weighted by atomic mass is 10.1. The van der Waals surface area contributed by atoms with Crippen molar-refractivity contribution >= 4 is 39.7 Å². The van der Waals surface area contributed by atoms with Gasteiger partial charge < -0.3 is 20.3 Å². The molecule has 2 aromatic heterocycles. The Morgan fingerprint density at radius 2 is 2.05 bits per heavy atom. The second kappa shape index (κ2) is 10.2. The largest absolute Gasteiger partial charge is 0.486 e. The Morgan fingerprint density at radius 1 is 1.22 bits per heavy atom. The van der Waals surface area contributed by atoms with Gasteiger partial charge in [-0.1, -0.05) is 17.7 Å². The Bertz CT molecular complexity index is 1470. The van der Waals surface area contributed by atoms with E-state index in [1.54, 1.807) is 30.5 Å². The number of hydrogen-bond acceptors (Lipinski definition) is 9. The summed E-state index contributed by atoms with van der Waals surface area (Å²) in [6.07, 6.45) is 2.63. The minimum atomic E-state index is -0.380. The third kappa shape index (κ3) is 5.11. The Morgan fingerprint density at radius 3 is 2.73 bits per heavy atom. The Balaban J connectivity index is 1.48. The predicted molar refractivity (Wildman–Crippen MR) is 144 cm³/mol. The average molecular weight is 520 g/mol. The van der Waals surface area contributed by atoms with E-state index in [-0.39, 0.29) is 23.0 Å². The van der Waals surface area contributed by atoms with E-state index >= 15 is 0 Å². The van der Waals surface area contributed by atoms with Gasteiger partial charge in [0.15, 0.2) is 5.82 Å². The zero-order chi connectivity index (χ0) is 26.1. The van der Waals surface area contributed by atoms with E-state index in [0.717, 1.165) is 18.7 Å². The van der Waals surface area contributed by atoms with Crippen molar-refractivity contribution in [2.24, 2.45) is 0 Å². The molecule has 5 rings (SSSR count). The molecular formula is C26H26ClN7O3. The number of anilines is 2. The second-order valence-electron chi connectivity index (χ2n) is 9.15. The van der Waals surface area contributed by atoms with Crippen LogP contribution in [0, 0.1) is 10.1 Å². The molecule has 10 nitrogen and oxygen atoms in total. The number of aromatic nitrogens is 3. The van der Waals surface area contributed by atoms with Gasteiger partial charge in [-0.3, -0.25) is 15.1 Å². The summed E-state index contributed by atoms with van der Waals surface area (Å²) in [6, 6.07) is 14.4. The van der Waals surface area contributed by atoms with Gasteiger partial charge in [-0.2, -0.15) is 0 Å². The highest BCUT2D eigenvalue weighted by Crippen LogP contribution is 2.37. The molecule has 11 heteroatoms. The number of fused-ring (bicyclic) bond motifs is 1. The monoisotopic (exact) mass is 519 g/mol. The van der Waals surface area contributed by atoms with Crippen LogP contribution in [0.5, 0.6) is 5.75 Å². The minimum absolute atomic E-state index is 0.00703. The number of nitrogen functional groups attached to an aromatic ring is 1. The SMILES string of the molecule is CN(C)C1CCN(c2cc3nc(-c4ccc(OCc5ccccn5)c(Cl)c4)nc(N)c3cc2[N+](=O)[O-])C1. The normalized spacial score (nSPS) is 15.5. The highest BCUT2D eigenvalue weighted by atomic mass is 35.5. The molecule has 0 spiro atoms. The average Bonchev–Trinajstić information content (AvgIpc) is 3.38. The topological polar surface area (TPSA) is 124 Å². The zero-order valence-electron chi connectivity index (χ0n) is 20.5. The number of halogens is 1. The van der Waals surface area contributed by atoms with Crippen molar-refractivity contribution in [2.45, 2.75) is 19.1 Å². The summed E-state index contributed by atoms with van der Waals surface area (Å²) in [4.78, 5) is 29.0. The predicted octanol–water partition coefficient (Wildman–Crippen LogP) is 4.55. The first kappa shape index (κ1) is 24.7. The summed E-state index contributed by atoms with van der Waals surface area (Å²) < 4.78 is 5.81. The maximum atomic E-state index is 11.9. The minimum Gasteiger partial charge on any atom is -0.486 e. The Hall–Kier alpha value is -4.02. The molecule has 0 aliphatic carbocycles. The van der Waals surface area contributed by atoms with Gasteiger partial charge in [-0.25, -0.2) is 9.97 Å². The van der Waals surface area contributed by atoms with Crippen LogP contribution < -0.4 is 15.4 Å². The molecule has 4 aromatic rings. The second-order valence-corrected chi connectivity index (χ2v) is 9.56. The smallest absolute Gasteiger partial charge is 0.293 e. The van der Waals surface area contributed by atoms with Gasteiger partial charge in [0.1, 0.15) is 23.9 Å². The van der Waals surface area contributed by atoms with Crippen molar-refractivity contribution in [1.29, 1.82) is 0 Å². The zero-order valence-corrected chi connectivity index (χ0v) is 21.2. The number of nitrogens with two attached hydrogens (primary N) is 1. The van der Waals surface area contributed by atoms with Crippen LogP contribution in [0.15, 0.2) is 54.7 Å². The van der Waals surface area contributed by atoms with Crippen LogP contribution in [-0.4, -0.2) is 58.0 Å². The van der Waals surface area contributed by atoms with Crippen LogP contribution >= 0.6 is 11.6 Å². The van der Waals surface area contributed by atoms with Crippen LogP contribution in [-0.2, 0) is 6.61 Å². The van der Waals surface area contributed by atoms with E-state index in [1.807, 2.05) is 37.2 Å². The number of likely N-dealkylation sites (N-methyl/N-ethyl adjacent to an activating group) is 1. The van der Waals surface area contributed by atoms with Gasteiger partial charge in [0.05, 0.1) is 21.2 Å². The molecule has 190 valence electrons. The fraction of sp³-hybridized carbons (Fsp3) is 0.269. The summed E-state index contributed by atoms with van der Waals surface area (Å²) in [6.45, 7) is 1.70. The van der Waals surface area contributed by atoms with Crippen LogP contribution in [0.4, 0.5) is 17.2 Å². The van der Waals surface area contributed by atoms with Crippen LogP contribution in [0.1, 0.15) is 12.1 Å². The summed E-state index contributed by atoms with van der Waals surface area (Å²) in [5.74, 6) is 1.04. The standard InChI is InChI=1S/C26H26ClN7O3/c1-32(2)18-8-10-33(14-18)22-13-21-19(12-23(22)34(35)36)25(28)31-26(30-21)16-6-7-24(20(27)11-16)37-15-17-5-3-4-9-29-17/h3-7,9,11-13,18H,8,10,14-15H2,1-2H3,(H2,28,30,31). The number of benzene rings is 2. The third-order valence-electron chi connectivity index (χ3n) is 6.54. The van der Waals surface area contributed by atoms with Gasteiger partial charge in [-0.05, 0) is 56.9 Å². The highest BCUT2D eigenvalue weighted by Gasteiger charge is 2.30. The van der Waals surface area contributed by atoms with Crippen molar-refractivity contribution in [1.82, 2.24) is 19.9 Å². The molecule has 0 bridgehead atoms. The molecule has 1 fully saturated rings. The molecule has 37 heavy (non-hydrogen) atoms. The van der Waals surface area contributed by atoms with E-state index in [1.165, 1.54) is 6.07 Å². The quantitative estimate of drug-likeness (QED) is 0.276. The van der Waals surface area contributed by atoms with Crippen molar-refractivity contribution in [3.8, 4) is 17.1 Å². The third-order valence-corrected chi connectivity index (χ3v) is 6.84.